The number of carbonyl (C=O) groups is 1. The largest absolute Gasteiger partial charge is 0.493 e. The number of methoxy groups -OCH3 is 2. The van der Waals surface area contributed by atoms with Crippen LogP contribution in [0, 0.1) is 0 Å². The van der Waals surface area contributed by atoms with Crippen LogP contribution in [0.3, 0.4) is 0 Å². The topological polar surface area (TPSA) is 108 Å². The van der Waals surface area contributed by atoms with Crippen LogP contribution in [0.15, 0.2) is 60.9 Å². The van der Waals surface area contributed by atoms with Gasteiger partial charge in [-0.3, -0.25) is 4.79 Å². The molecule has 10 nitrogen and oxygen atoms in total. The Morgan fingerprint density at radius 2 is 1.78 bits per heavy atom. The fourth-order valence-electron chi connectivity index (χ4n) is 3.53. The summed E-state index contributed by atoms with van der Waals surface area (Å²) in [5.74, 6) is 3.17. The van der Waals surface area contributed by atoms with Gasteiger partial charge in [-0.25, -0.2) is 15.0 Å². The van der Waals surface area contributed by atoms with Crippen molar-refractivity contribution in [3.8, 4) is 23.1 Å². The van der Waals surface area contributed by atoms with E-state index in [9.17, 15) is 4.79 Å². The lowest BCUT2D eigenvalue weighted by molar-refractivity contribution is -0.115. The van der Waals surface area contributed by atoms with Gasteiger partial charge in [-0.2, -0.15) is 0 Å². The highest BCUT2D eigenvalue weighted by Gasteiger charge is 2.14. The van der Waals surface area contributed by atoms with Gasteiger partial charge in [0.25, 0.3) is 0 Å². The molecule has 2 aromatic carbocycles. The fraction of sp³-hybridized carbons (Fsp3) is 0.259. The number of fused-ring (bicyclic) bond motifs is 1. The lowest BCUT2D eigenvalue weighted by atomic mass is 10.1. The van der Waals surface area contributed by atoms with Crippen LogP contribution in [0.5, 0.6) is 23.1 Å². The minimum Gasteiger partial charge on any atom is -0.493 e. The number of rotatable bonds is 11. The maximum atomic E-state index is 12.5. The van der Waals surface area contributed by atoms with Crippen molar-refractivity contribution in [2.45, 2.75) is 6.42 Å². The molecular weight excluding hydrogens is 474 g/mol. The number of anilines is 2. The molecule has 0 fully saturated rings. The van der Waals surface area contributed by atoms with Crippen LogP contribution in [0.1, 0.15) is 5.56 Å². The third-order valence-corrected chi connectivity index (χ3v) is 5.39. The fourth-order valence-corrected chi connectivity index (χ4v) is 3.53. The van der Waals surface area contributed by atoms with Crippen molar-refractivity contribution in [3.05, 3.63) is 66.5 Å². The first-order valence-electron chi connectivity index (χ1n) is 11.6. The Bertz CT molecular complexity index is 1360. The van der Waals surface area contributed by atoms with Gasteiger partial charge in [0, 0.05) is 27.3 Å². The summed E-state index contributed by atoms with van der Waals surface area (Å²) in [4.78, 5) is 27.4. The van der Waals surface area contributed by atoms with E-state index in [1.54, 1.807) is 44.6 Å². The lowest BCUT2D eigenvalue weighted by Crippen LogP contribution is -2.17. The molecule has 192 valence electrons. The SMILES string of the molecule is COCCOc1cc2ncnc(Oc3ccc(CC(=O)Nc4cccc(N(C)C)n4)cc3)c2cc1OC. The second-order valence-electron chi connectivity index (χ2n) is 8.29. The Hall–Kier alpha value is -4.44. The van der Waals surface area contributed by atoms with Gasteiger partial charge in [0.05, 0.1) is 31.0 Å². The molecule has 0 saturated carbocycles. The zero-order valence-electron chi connectivity index (χ0n) is 21.2. The number of benzene rings is 2. The molecule has 1 amide bonds. The van der Waals surface area contributed by atoms with Crippen molar-refractivity contribution in [1.82, 2.24) is 15.0 Å². The third kappa shape index (κ3) is 6.62. The molecule has 0 bridgehead atoms. The van der Waals surface area contributed by atoms with Crippen molar-refractivity contribution in [3.63, 3.8) is 0 Å². The molecule has 2 heterocycles. The molecule has 0 aliphatic carbocycles. The lowest BCUT2D eigenvalue weighted by Gasteiger charge is -2.13. The Balaban J connectivity index is 1.44. The van der Waals surface area contributed by atoms with E-state index in [0.29, 0.717) is 53.1 Å². The van der Waals surface area contributed by atoms with E-state index in [4.69, 9.17) is 18.9 Å². The number of nitrogens with one attached hydrogen (secondary N) is 1. The van der Waals surface area contributed by atoms with Crippen LogP contribution in [-0.4, -0.2) is 62.4 Å². The molecule has 0 aliphatic heterocycles. The monoisotopic (exact) mass is 503 g/mol. The van der Waals surface area contributed by atoms with Gasteiger partial charge in [-0.05, 0) is 35.9 Å². The van der Waals surface area contributed by atoms with Gasteiger partial charge in [-0.1, -0.05) is 18.2 Å². The third-order valence-electron chi connectivity index (χ3n) is 5.39. The van der Waals surface area contributed by atoms with Crippen LogP contribution in [0.25, 0.3) is 10.9 Å². The van der Waals surface area contributed by atoms with Gasteiger partial charge >= 0.3 is 0 Å². The summed E-state index contributed by atoms with van der Waals surface area (Å²) in [7, 11) is 6.98. The Labute approximate surface area is 215 Å². The normalized spacial score (nSPS) is 10.7. The Morgan fingerprint density at radius 1 is 0.973 bits per heavy atom. The molecule has 4 rings (SSSR count). The Kier molecular flexibility index (Phi) is 8.32. The van der Waals surface area contributed by atoms with Crippen LogP contribution < -0.4 is 24.4 Å². The number of hydrogen-bond acceptors (Lipinski definition) is 9. The number of ether oxygens (including phenoxy) is 4. The standard InChI is InChI=1S/C27H29N5O5/c1-32(2)25-7-5-6-24(30-25)31-26(33)14-18-8-10-19(11-9-18)37-27-20-15-22(35-4)23(36-13-12-34-3)16-21(20)28-17-29-27/h5-11,15-17H,12-14H2,1-4H3,(H,30,31,33). The highest BCUT2D eigenvalue weighted by Crippen LogP contribution is 2.36. The summed E-state index contributed by atoms with van der Waals surface area (Å²) in [6.07, 6.45) is 1.63. The molecule has 1 N–H and O–H groups in total. The van der Waals surface area contributed by atoms with E-state index in [1.807, 2.05) is 43.3 Å². The molecule has 0 aliphatic rings. The highest BCUT2D eigenvalue weighted by molar-refractivity contribution is 5.91. The van der Waals surface area contributed by atoms with Crippen molar-refractivity contribution >= 4 is 28.4 Å². The average Bonchev–Trinajstić information content (AvgIpc) is 2.90. The number of nitrogens with zero attached hydrogens (tertiary/aromatic N) is 4. The second-order valence-corrected chi connectivity index (χ2v) is 8.29. The van der Waals surface area contributed by atoms with Crippen molar-refractivity contribution in [2.24, 2.45) is 0 Å². The molecular formula is C27H29N5O5. The van der Waals surface area contributed by atoms with Crippen molar-refractivity contribution < 1.29 is 23.7 Å². The first kappa shape index (κ1) is 25.6. The van der Waals surface area contributed by atoms with E-state index in [1.165, 1.54) is 6.33 Å². The molecule has 0 atom stereocenters. The van der Waals surface area contributed by atoms with Crippen LogP contribution in [-0.2, 0) is 16.0 Å². The van der Waals surface area contributed by atoms with Gasteiger partial charge in [-0.15, -0.1) is 0 Å². The van der Waals surface area contributed by atoms with Crippen molar-refractivity contribution in [2.75, 3.05) is 51.7 Å². The molecule has 10 heteroatoms. The molecule has 0 spiro atoms. The number of carbonyl (C=O) groups excluding carboxylic acids is 1. The van der Waals surface area contributed by atoms with Gasteiger partial charge < -0.3 is 29.2 Å². The minimum atomic E-state index is -0.158. The molecule has 0 saturated heterocycles. The van der Waals surface area contributed by atoms with E-state index < -0.39 is 0 Å². The predicted molar refractivity (Wildman–Crippen MR) is 141 cm³/mol. The molecule has 37 heavy (non-hydrogen) atoms. The summed E-state index contributed by atoms with van der Waals surface area (Å²) in [5.41, 5.74) is 1.49. The van der Waals surface area contributed by atoms with Crippen LogP contribution in [0.4, 0.5) is 11.6 Å². The number of pyridine rings is 1. The van der Waals surface area contributed by atoms with Gasteiger partial charge in [0.15, 0.2) is 11.5 Å². The first-order valence-corrected chi connectivity index (χ1v) is 11.6. The van der Waals surface area contributed by atoms with Crippen molar-refractivity contribution in [1.29, 1.82) is 0 Å². The van der Waals surface area contributed by atoms with E-state index >= 15 is 0 Å². The van der Waals surface area contributed by atoms with Crippen LogP contribution in [0.2, 0.25) is 0 Å². The number of hydrogen-bond donors (Lipinski definition) is 1. The zero-order valence-corrected chi connectivity index (χ0v) is 21.2. The molecule has 0 unspecified atom stereocenters. The molecule has 2 aromatic heterocycles. The summed E-state index contributed by atoms with van der Waals surface area (Å²) in [6, 6.07) is 16.3. The van der Waals surface area contributed by atoms with Crippen LogP contribution >= 0.6 is 0 Å². The second kappa shape index (κ2) is 12.0. The predicted octanol–water partition coefficient (Wildman–Crippen LogP) is 4.10. The summed E-state index contributed by atoms with van der Waals surface area (Å²) in [6.45, 7) is 0.841. The van der Waals surface area contributed by atoms with E-state index in [-0.39, 0.29) is 12.3 Å². The smallest absolute Gasteiger partial charge is 0.230 e. The summed E-state index contributed by atoms with van der Waals surface area (Å²) in [5, 5.41) is 3.51. The summed E-state index contributed by atoms with van der Waals surface area (Å²) >= 11 is 0. The Morgan fingerprint density at radius 3 is 2.51 bits per heavy atom. The van der Waals surface area contributed by atoms with Gasteiger partial charge in [0.1, 0.15) is 30.3 Å². The zero-order chi connectivity index (χ0) is 26.2. The van der Waals surface area contributed by atoms with Gasteiger partial charge in [0.2, 0.25) is 11.8 Å². The highest BCUT2D eigenvalue weighted by atomic mass is 16.5. The molecule has 4 aromatic rings. The average molecular weight is 504 g/mol. The maximum Gasteiger partial charge on any atom is 0.230 e. The minimum absolute atomic E-state index is 0.158. The maximum absolute atomic E-state index is 12.5. The first-order chi connectivity index (χ1) is 18.0. The summed E-state index contributed by atoms with van der Waals surface area (Å²) < 4.78 is 22.3. The quantitative estimate of drug-likeness (QED) is 0.303. The van der Waals surface area contributed by atoms with E-state index in [0.717, 1.165) is 11.4 Å². The number of amides is 1. The number of aromatic nitrogens is 3. The van der Waals surface area contributed by atoms with E-state index in [2.05, 4.69) is 20.3 Å². The molecule has 0 radical (unpaired) electrons.